The van der Waals surface area contributed by atoms with Crippen molar-refractivity contribution in [3.63, 3.8) is 0 Å². The second kappa shape index (κ2) is 6.04. The van der Waals surface area contributed by atoms with Gasteiger partial charge in [0.05, 0.1) is 0 Å². The summed E-state index contributed by atoms with van der Waals surface area (Å²) in [6, 6.07) is 1.68. The maximum absolute atomic E-state index is 12.2. The molecule has 0 aliphatic heterocycles. The third-order valence-corrected chi connectivity index (χ3v) is 2.67. The van der Waals surface area contributed by atoms with Gasteiger partial charge in [0.2, 0.25) is 0 Å². The van der Waals surface area contributed by atoms with Crippen LogP contribution in [0.15, 0.2) is 15.2 Å². The summed E-state index contributed by atoms with van der Waals surface area (Å²) >= 11 is 3.15. The van der Waals surface area contributed by atoms with Crippen molar-refractivity contribution in [3.8, 4) is 0 Å². The Bertz CT molecular complexity index is 453. The second-order valence-electron chi connectivity index (χ2n) is 4.54. The maximum atomic E-state index is 12.2. The lowest BCUT2D eigenvalue weighted by molar-refractivity contribution is -0.137. The summed E-state index contributed by atoms with van der Waals surface area (Å²) in [5.41, 5.74) is 0.686. The number of hydrogen-bond donors (Lipinski definition) is 1. The maximum Gasteiger partial charge on any atom is 0.323 e. The van der Waals surface area contributed by atoms with E-state index in [1.165, 1.54) is 4.90 Å². The molecule has 1 aromatic heterocycles. The van der Waals surface area contributed by atoms with Crippen LogP contribution in [0.4, 0.5) is 0 Å². The molecule has 0 unspecified atom stereocenters. The van der Waals surface area contributed by atoms with Crippen molar-refractivity contribution in [2.45, 2.75) is 20.8 Å². The summed E-state index contributed by atoms with van der Waals surface area (Å²) in [4.78, 5) is 24.3. The number of carboxylic acid groups (broad SMARTS) is 1. The molecule has 0 bridgehead atoms. The minimum absolute atomic E-state index is 0.184. The zero-order valence-corrected chi connectivity index (χ0v) is 12.2. The zero-order chi connectivity index (χ0) is 13.9. The highest BCUT2D eigenvalue weighted by atomic mass is 79.9. The molecular weight excluding hydrogens is 302 g/mol. The summed E-state index contributed by atoms with van der Waals surface area (Å²) in [6.07, 6.45) is 0. The number of nitrogens with zero attached hydrogens (tertiary/aromatic N) is 1. The lowest BCUT2D eigenvalue weighted by Gasteiger charge is -2.21. The molecule has 1 N–H and O–H groups in total. The summed E-state index contributed by atoms with van der Waals surface area (Å²) in [6.45, 7) is 5.65. The van der Waals surface area contributed by atoms with Crippen LogP contribution in [0.25, 0.3) is 0 Å². The van der Waals surface area contributed by atoms with E-state index in [0.29, 0.717) is 16.8 Å². The molecule has 1 amide bonds. The Balaban J connectivity index is 2.94. The fraction of sp³-hybridized carbons (Fsp3) is 0.500. The SMILES string of the molecule is Cc1cc(Br)oc1C(=O)N(CC(=O)O)CC(C)C. The van der Waals surface area contributed by atoms with Gasteiger partial charge >= 0.3 is 5.97 Å². The molecule has 5 nitrogen and oxygen atoms in total. The van der Waals surface area contributed by atoms with E-state index < -0.39 is 11.9 Å². The van der Waals surface area contributed by atoms with Crippen molar-refractivity contribution in [1.29, 1.82) is 0 Å². The number of hydrogen-bond acceptors (Lipinski definition) is 3. The molecule has 0 saturated carbocycles. The second-order valence-corrected chi connectivity index (χ2v) is 5.32. The van der Waals surface area contributed by atoms with E-state index in [0.717, 1.165) is 0 Å². The number of rotatable bonds is 5. The molecule has 6 heteroatoms. The van der Waals surface area contributed by atoms with Crippen molar-refractivity contribution in [2.75, 3.05) is 13.1 Å². The number of aryl methyl sites for hydroxylation is 1. The molecule has 100 valence electrons. The van der Waals surface area contributed by atoms with Gasteiger partial charge in [-0.15, -0.1) is 0 Å². The largest absolute Gasteiger partial charge is 0.480 e. The molecule has 18 heavy (non-hydrogen) atoms. The molecule has 0 radical (unpaired) electrons. The Hall–Kier alpha value is -1.30. The number of carbonyl (C=O) groups is 2. The van der Waals surface area contributed by atoms with Crippen LogP contribution < -0.4 is 0 Å². The molecule has 0 spiro atoms. The smallest absolute Gasteiger partial charge is 0.323 e. The monoisotopic (exact) mass is 317 g/mol. The molecule has 1 rings (SSSR count). The first-order chi connectivity index (χ1) is 8.31. The Morgan fingerprint density at radius 2 is 2.11 bits per heavy atom. The lowest BCUT2D eigenvalue weighted by Crippen LogP contribution is -2.38. The molecule has 0 atom stereocenters. The molecule has 1 aromatic rings. The van der Waals surface area contributed by atoms with Gasteiger partial charge in [-0.2, -0.15) is 0 Å². The lowest BCUT2D eigenvalue weighted by atomic mass is 10.2. The van der Waals surface area contributed by atoms with Gasteiger partial charge in [-0.25, -0.2) is 0 Å². The highest BCUT2D eigenvalue weighted by Crippen LogP contribution is 2.21. The van der Waals surface area contributed by atoms with Gasteiger partial charge < -0.3 is 14.4 Å². The fourth-order valence-corrected chi connectivity index (χ4v) is 2.13. The van der Waals surface area contributed by atoms with Crippen molar-refractivity contribution in [2.24, 2.45) is 5.92 Å². The number of halogens is 1. The van der Waals surface area contributed by atoms with Crippen LogP contribution in [0.2, 0.25) is 0 Å². The molecule has 1 heterocycles. The van der Waals surface area contributed by atoms with Crippen LogP contribution in [0, 0.1) is 12.8 Å². The van der Waals surface area contributed by atoms with Crippen LogP contribution in [0.3, 0.4) is 0 Å². The Morgan fingerprint density at radius 1 is 1.50 bits per heavy atom. The van der Waals surface area contributed by atoms with Gasteiger partial charge in [-0.1, -0.05) is 13.8 Å². The molecule has 0 aliphatic carbocycles. The van der Waals surface area contributed by atoms with Gasteiger partial charge in [-0.3, -0.25) is 9.59 Å². The van der Waals surface area contributed by atoms with E-state index in [-0.39, 0.29) is 18.2 Å². The van der Waals surface area contributed by atoms with Crippen LogP contribution in [-0.4, -0.2) is 35.0 Å². The summed E-state index contributed by atoms with van der Waals surface area (Å²) in [7, 11) is 0. The van der Waals surface area contributed by atoms with Gasteiger partial charge in [0.15, 0.2) is 10.4 Å². The van der Waals surface area contributed by atoms with E-state index in [4.69, 9.17) is 9.52 Å². The van der Waals surface area contributed by atoms with Crippen LogP contribution in [0.5, 0.6) is 0 Å². The van der Waals surface area contributed by atoms with E-state index >= 15 is 0 Å². The topological polar surface area (TPSA) is 70.8 Å². The molecule has 0 fully saturated rings. The minimum Gasteiger partial charge on any atom is -0.480 e. The van der Waals surface area contributed by atoms with E-state index in [9.17, 15) is 9.59 Å². The van der Waals surface area contributed by atoms with Crippen molar-refractivity contribution < 1.29 is 19.1 Å². The van der Waals surface area contributed by atoms with Crippen LogP contribution in [0.1, 0.15) is 30.0 Å². The van der Waals surface area contributed by atoms with Gasteiger partial charge in [0.1, 0.15) is 6.54 Å². The summed E-state index contributed by atoms with van der Waals surface area (Å²) < 4.78 is 5.71. The number of aliphatic carboxylic acids is 1. The van der Waals surface area contributed by atoms with Crippen molar-refractivity contribution in [1.82, 2.24) is 4.90 Å². The normalized spacial score (nSPS) is 10.7. The molecular formula is C12H16BrNO4. The van der Waals surface area contributed by atoms with Gasteiger partial charge in [0, 0.05) is 12.1 Å². The Kier molecular flexibility index (Phi) is 4.95. The third kappa shape index (κ3) is 3.87. The number of carboxylic acids is 1. The first-order valence-electron chi connectivity index (χ1n) is 5.58. The Labute approximate surface area is 114 Å². The first-order valence-corrected chi connectivity index (χ1v) is 6.37. The predicted octanol–water partition coefficient (Wildman–Crippen LogP) is 2.53. The average molecular weight is 318 g/mol. The summed E-state index contributed by atoms with van der Waals surface area (Å²) in [5, 5.41) is 8.83. The standard InChI is InChI=1S/C12H16BrNO4/c1-7(2)5-14(6-10(15)16)12(17)11-8(3)4-9(13)18-11/h4,7H,5-6H2,1-3H3,(H,15,16). The van der Waals surface area contributed by atoms with Gasteiger partial charge in [-0.05, 0) is 34.8 Å². The van der Waals surface area contributed by atoms with E-state index in [1.54, 1.807) is 13.0 Å². The van der Waals surface area contributed by atoms with Crippen molar-refractivity contribution in [3.05, 3.63) is 22.1 Å². The average Bonchev–Trinajstić information content (AvgIpc) is 2.54. The first kappa shape index (κ1) is 14.8. The zero-order valence-electron chi connectivity index (χ0n) is 10.6. The van der Waals surface area contributed by atoms with Gasteiger partial charge in [0.25, 0.3) is 5.91 Å². The van der Waals surface area contributed by atoms with Crippen molar-refractivity contribution >= 4 is 27.8 Å². The predicted molar refractivity (Wildman–Crippen MR) is 69.5 cm³/mol. The Morgan fingerprint density at radius 3 is 2.50 bits per heavy atom. The quantitative estimate of drug-likeness (QED) is 0.905. The van der Waals surface area contributed by atoms with Crippen LogP contribution in [-0.2, 0) is 4.79 Å². The third-order valence-electron chi connectivity index (χ3n) is 2.28. The highest BCUT2D eigenvalue weighted by molar-refractivity contribution is 9.10. The number of amides is 1. The summed E-state index contributed by atoms with van der Waals surface area (Å²) in [5.74, 6) is -1.06. The fourth-order valence-electron chi connectivity index (χ4n) is 1.62. The minimum atomic E-state index is -1.03. The molecule has 0 aromatic carbocycles. The molecule has 0 saturated heterocycles. The van der Waals surface area contributed by atoms with E-state index in [1.807, 2.05) is 13.8 Å². The van der Waals surface area contributed by atoms with Crippen LogP contribution >= 0.6 is 15.9 Å². The number of carbonyl (C=O) groups excluding carboxylic acids is 1. The highest BCUT2D eigenvalue weighted by Gasteiger charge is 2.24. The van der Waals surface area contributed by atoms with E-state index in [2.05, 4.69) is 15.9 Å². The molecule has 0 aliphatic rings. The number of furan rings is 1.